The Morgan fingerprint density at radius 3 is 1.79 bits per heavy atom. The summed E-state index contributed by atoms with van der Waals surface area (Å²) in [6.45, 7) is 5.81. The topological polar surface area (TPSA) is 101 Å². The molecule has 3 rings (SSSR count). The van der Waals surface area contributed by atoms with Gasteiger partial charge in [0.05, 0.1) is 18.8 Å². The first kappa shape index (κ1) is 37.9. The number of hydroxylamine groups is 2. The summed E-state index contributed by atoms with van der Waals surface area (Å²) in [5.74, 6) is -0.308. The van der Waals surface area contributed by atoms with Gasteiger partial charge in [0.2, 0.25) is 5.60 Å². The van der Waals surface area contributed by atoms with Crippen LogP contribution in [0.25, 0.3) is 0 Å². The largest absolute Gasteiger partial charge is 0.509 e. The van der Waals surface area contributed by atoms with Crippen LogP contribution in [0.5, 0.6) is 11.5 Å². The third kappa shape index (κ3) is 14.4. The van der Waals surface area contributed by atoms with E-state index < -0.39 is 23.7 Å². The number of rotatable bonds is 22. The normalized spacial score (nSPS) is 14.3. The predicted molar refractivity (Wildman–Crippen MR) is 181 cm³/mol. The molecule has 0 amide bonds. The molecule has 0 spiro atoms. The lowest BCUT2D eigenvalue weighted by atomic mass is 9.92. The molecule has 0 aliphatic carbocycles. The van der Waals surface area contributed by atoms with Gasteiger partial charge in [-0.3, -0.25) is 0 Å². The van der Waals surface area contributed by atoms with E-state index in [9.17, 15) is 14.4 Å². The van der Waals surface area contributed by atoms with Crippen molar-refractivity contribution in [2.75, 3.05) is 26.3 Å². The number of esters is 2. The lowest BCUT2D eigenvalue weighted by molar-refractivity contribution is -0.178. The minimum atomic E-state index is -1.67. The lowest BCUT2D eigenvalue weighted by Gasteiger charge is -2.37. The van der Waals surface area contributed by atoms with Crippen LogP contribution < -0.4 is 9.57 Å². The number of hydrogen-bond donors (Lipinski definition) is 0. The molecule has 1 aliphatic heterocycles. The predicted octanol–water partition coefficient (Wildman–Crippen LogP) is 9.23. The van der Waals surface area contributed by atoms with Crippen molar-refractivity contribution in [2.45, 2.75) is 122 Å². The molecule has 0 atom stereocenters. The lowest BCUT2D eigenvalue weighted by Crippen LogP contribution is -2.54. The number of unbranched alkanes of at least 4 members (excludes halogenated alkanes) is 12. The third-order valence-electron chi connectivity index (χ3n) is 8.42. The highest BCUT2D eigenvalue weighted by Crippen LogP contribution is 2.30. The van der Waals surface area contributed by atoms with Crippen LogP contribution in [-0.2, 0) is 19.0 Å². The fraction of sp³-hybridized carbons (Fsp3) is 0.605. The average Bonchev–Trinajstić information content (AvgIpc) is 3.09. The van der Waals surface area contributed by atoms with Crippen molar-refractivity contribution < 1.29 is 38.2 Å². The number of ether oxygens (including phenoxy) is 4. The third-order valence-corrected chi connectivity index (χ3v) is 8.42. The standard InChI is InChI=1S/C38H55NO8/c1-3-5-7-9-11-12-14-18-30-43-33-22-24-34(25-23-33)47-39-28-26-38(27-29-39,36(41)45-35(40)32-20-16-15-17-21-32)46-37(42)44-31-19-13-10-8-6-4-2/h15-17,20-25H,3-14,18-19,26-31H2,1-2H3. The Kier molecular flexibility index (Phi) is 17.8. The monoisotopic (exact) mass is 653 g/mol. The Bertz CT molecular complexity index is 1160. The van der Waals surface area contributed by atoms with Gasteiger partial charge in [0.15, 0.2) is 0 Å². The molecule has 2 aromatic rings. The van der Waals surface area contributed by atoms with Crippen LogP contribution in [0.15, 0.2) is 54.6 Å². The Morgan fingerprint density at radius 1 is 0.660 bits per heavy atom. The summed E-state index contributed by atoms with van der Waals surface area (Å²) in [5.41, 5.74) is -1.44. The first-order valence-corrected chi connectivity index (χ1v) is 17.8. The molecule has 260 valence electrons. The highest BCUT2D eigenvalue weighted by molar-refractivity contribution is 5.99. The van der Waals surface area contributed by atoms with E-state index in [2.05, 4.69) is 13.8 Å². The van der Waals surface area contributed by atoms with Crippen LogP contribution >= 0.6 is 0 Å². The molecule has 47 heavy (non-hydrogen) atoms. The van der Waals surface area contributed by atoms with E-state index in [1.165, 1.54) is 51.4 Å². The zero-order valence-electron chi connectivity index (χ0n) is 28.6. The molecule has 1 aliphatic rings. The summed E-state index contributed by atoms with van der Waals surface area (Å²) < 4.78 is 22.1. The van der Waals surface area contributed by atoms with Gasteiger partial charge < -0.3 is 23.8 Å². The number of piperidine rings is 1. The maximum atomic E-state index is 13.4. The van der Waals surface area contributed by atoms with Gasteiger partial charge in [0.25, 0.3) is 0 Å². The number of nitrogens with zero attached hydrogens (tertiary/aromatic N) is 1. The van der Waals surface area contributed by atoms with Crippen LogP contribution in [-0.4, -0.2) is 55.1 Å². The zero-order chi connectivity index (χ0) is 33.6. The van der Waals surface area contributed by atoms with Gasteiger partial charge in [-0.2, -0.15) is 0 Å². The van der Waals surface area contributed by atoms with Crippen molar-refractivity contribution in [3.8, 4) is 11.5 Å². The fourth-order valence-electron chi connectivity index (χ4n) is 5.50. The first-order valence-electron chi connectivity index (χ1n) is 17.8. The SMILES string of the molecule is CCCCCCCCCCOc1ccc(ON2CCC(OC(=O)OCCCCCCCC)(C(=O)OC(=O)c3ccccc3)CC2)cc1. The van der Waals surface area contributed by atoms with Crippen LogP contribution in [0.3, 0.4) is 0 Å². The van der Waals surface area contributed by atoms with Crippen LogP contribution in [0, 0.1) is 0 Å². The molecule has 9 nitrogen and oxygen atoms in total. The molecular weight excluding hydrogens is 598 g/mol. The number of carbonyl (C=O) groups is 3. The van der Waals surface area contributed by atoms with Crippen molar-refractivity contribution in [3.63, 3.8) is 0 Å². The van der Waals surface area contributed by atoms with Gasteiger partial charge in [0, 0.05) is 25.9 Å². The molecular formula is C38H55NO8. The maximum Gasteiger partial charge on any atom is 0.509 e. The molecule has 1 heterocycles. The van der Waals surface area contributed by atoms with Crippen LogP contribution in [0.2, 0.25) is 0 Å². The average molecular weight is 654 g/mol. The summed E-state index contributed by atoms with van der Waals surface area (Å²) in [6.07, 6.45) is 15.5. The molecule has 0 radical (unpaired) electrons. The van der Waals surface area contributed by atoms with E-state index in [1.807, 2.05) is 24.3 Å². The van der Waals surface area contributed by atoms with Crippen LogP contribution in [0.1, 0.15) is 127 Å². The van der Waals surface area contributed by atoms with Gasteiger partial charge in [0.1, 0.15) is 11.5 Å². The minimum Gasteiger partial charge on any atom is -0.494 e. The van der Waals surface area contributed by atoms with Crippen LogP contribution in [0.4, 0.5) is 4.79 Å². The highest BCUT2D eigenvalue weighted by atomic mass is 16.7. The van der Waals surface area contributed by atoms with Gasteiger partial charge in [-0.15, -0.1) is 5.06 Å². The number of hydrogen-bond acceptors (Lipinski definition) is 9. The Balaban J connectivity index is 1.47. The second-order valence-corrected chi connectivity index (χ2v) is 12.3. The van der Waals surface area contributed by atoms with E-state index in [0.717, 1.165) is 37.9 Å². The summed E-state index contributed by atoms with van der Waals surface area (Å²) in [6, 6.07) is 15.7. The van der Waals surface area contributed by atoms with Gasteiger partial charge in [-0.05, 0) is 49.2 Å². The van der Waals surface area contributed by atoms with Gasteiger partial charge in [-0.1, -0.05) is 109 Å². The minimum absolute atomic E-state index is 0.0693. The smallest absolute Gasteiger partial charge is 0.494 e. The molecule has 1 saturated heterocycles. The van der Waals surface area contributed by atoms with Crippen molar-refractivity contribution in [1.82, 2.24) is 5.06 Å². The number of carbonyl (C=O) groups excluding carboxylic acids is 3. The van der Waals surface area contributed by atoms with Crippen molar-refractivity contribution in [3.05, 3.63) is 60.2 Å². The molecule has 0 bridgehead atoms. The summed E-state index contributed by atoms with van der Waals surface area (Å²) >= 11 is 0. The van der Waals surface area contributed by atoms with E-state index in [0.29, 0.717) is 18.8 Å². The summed E-state index contributed by atoms with van der Waals surface area (Å²) in [5, 5.41) is 1.70. The van der Waals surface area contributed by atoms with Crippen molar-refractivity contribution in [1.29, 1.82) is 0 Å². The Hall–Kier alpha value is -3.59. The van der Waals surface area contributed by atoms with Crippen molar-refractivity contribution >= 4 is 18.1 Å². The second-order valence-electron chi connectivity index (χ2n) is 12.3. The molecule has 2 aromatic carbocycles. The first-order chi connectivity index (χ1) is 23.0. The Labute approximate surface area is 281 Å². The summed E-state index contributed by atoms with van der Waals surface area (Å²) in [4.78, 5) is 44.8. The quantitative estimate of drug-likeness (QED) is 0.0699. The molecule has 9 heteroatoms. The van der Waals surface area contributed by atoms with E-state index in [-0.39, 0.29) is 38.1 Å². The molecule has 0 N–H and O–H groups in total. The maximum absolute atomic E-state index is 13.4. The summed E-state index contributed by atoms with van der Waals surface area (Å²) in [7, 11) is 0. The second kappa shape index (κ2) is 22.1. The van der Waals surface area contributed by atoms with Gasteiger partial charge >= 0.3 is 18.1 Å². The van der Waals surface area contributed by atoms with E-state index in [4.69, 9.17) is 23.8 Å². The van der Waals surface area contributed by atoms with Crippen molar-refractivity contribution in [2.24, 2.45) is 0 Å². The molecule has 0 unspecified atom stereocenters. The Morgan fingerprint density at radius 2 is 1.19 bits per heavy atom. The van der Waals surface area contributed by atoms with E-state index >= 15 is 0 Å². The fourth-order valence-corrected chi connectivity index (χ4v) is 5.50. The zero-order valence-corrected chi connectivity index (χ0v) is 28.6. The molecule has 1 fully saturated rings. The highest BCUT2D eigenvalue weighted by Gasteiger charge is 2.48. The number of benzene rings is 2. The molecule has 0 aromatic heterocycles. The van der Waals surface area contributed by atoms with Gasteiger partial charge in [-0.25, -0.2) is 14.4 Å². The molecule has 0 saturated carbocycles. The van der Waals surface area contributed by atoms with E-state index in [1.54, 1.807) is 35.4 Å².